The zero-order valence-corrected chi connectivity index (χ0v) is 6.85. The van der Waals surface area contributed by atoms with Gasteiger partial charge in [0.1, 0.15) is 0 Å². The van der Waals surface area contributed by atoms with Gasteiger partial charge in [-0.3, -0.25) is 0 Å². The van der Waals surface area contributed by atoms with E-state index in [1.54, 1.807) is 7.11 Å². The van der Waals surface area contributed by atoms with Crippen LogP contribution in [0.4, 0.5) is 0 Å². The molecule has 1 aromatic rings. The van der Waals surface area contributed by atoms with Crippen LogP contribution in [0.1, 0.15) is 5.56 Å². The first-order valence-corrected chi connectivity index (χ1v) is 3.55. The summed E-state index contributed by atoms with van der Waals surface area (Å²) in [5.74, 6) is 0. The van der Waals surface area contributed by atoms with E-state index in [2.05, 4.69) is 15.6 Å². The number of benzene rings is 1. The molecule has 1 rings (SSSR count). The molecule has 0 unspecified atom stereocenters. The maximum atomic E-state index is 4.97. The van der Waals surface area contributed by atoms with E-state index in [0.717, 1.165) is 10.2 Å². The first kappa shape index (κ1) is 7.67. The summed E-state index contributed by atoms with van der Waals surface area (Å²) >= 11 is 3.28. The van der Waals surface area contributed by atoms with Crippen molar-refractivity contribution in [1.82, 2.24) is 0 Å². The predicted octanol–water partition coefficient (Wildman–Crippen LogP) is 1.36. The summed E-state index contributed by atoms with van der Waals surface area (Å²) in [5, 5.41) is 0. The molecule has 2 heteroatoms. The second-order valence-corrected chi connectivity index (χ2v) is 2.38. The van der Waals surface area contributed by atoms with Gasteiger partial charge in [0.25, 0.3) is 0 Å². The molecule has 0 aromatic heterocycles. The fraction of sp³-hybridized carbons (Fsp3) is 0.125. The Bertz CT molecular complexity index is 218. The molecule has 1 nitrogen and oxygen atoms in total. The Hall–Kier alpha value is -0.431. The third-order valence-electron chi connectivity index (χ3n) is 1.18. The SMILES string of the molecule is CO[C](=[Mn])c1ccccc1. The van der Waals surface area contributed by atoms with Crippen LogP contribution < -0.4 is 0 Å². The van der Waals surface area contributed by atoms with Gasteiger partial charge in [0.05, 0.1) is 0 Å². The van der Waals surface area contributed by atoms with Gasteiger partial charge in [-0.25, -0.2) is 0 Å². The Kier molecular flexibility index (Phi) is 2.82. The Balaban J connectivity index is 2.85. The normalized spacial score (nSPS) is 9.30. The molecular formula is C8H8MnO. The summed E-state index contributed by atoms with van der Waals surface area (Å²) in [4.78, 5) is 0. The molecule has 0 saturated heterocycles. The number of hydrogen-bond donors (Lipinski definition) is 0. The molecule has 1 aromatic carbocycles. The van der Waals surface area contributed by atoms with Gasteiger partial charge in [0.2, 0.25) is 0 Å². The second-order valence-electron chi connectivity index (χ2n) is 1.84. The molecule has 0 aliphatic rings. The number of hydrogen-bond acceptors (Lipinski definition) is 1. The molecule has 0 aliphatic carbocycles. The Morgan fingerprint density at radius 2 is 1.90 bits per heavy atom. The van der Waals surface area contributed by atoms with Crippen LogP contribution in [0, 0.1) is 0 Å². The minimum absolute atomic E-state index is 0.771. The maximum absolute atomic E-state index is 4.97. The summed E-state index contributed by atoms with van der Waals surface area (Å²) in [6, 6.07) is 9.87. The van der Waals surface area contributed by atoms with Crippen molar-refractivity contribution < 1.29 is 20.3 Å². The summed E-state index contributed by atoms with van der Waals surface area (Å²) in [7, 11) is 1.64. The zero-order chi connectivity index (χ0) is 7.40. The van der Waals surface area contributed by atoms with Gasteiger partial charge in [-0.2, -0.15) is 0 Å². The van der Waals surface area contributed by atoms with Gasteiger partial charge in [0, 0.05) is 0 Å². The van der Waals surface area contributed by atoms with Gasteiger partial charge in [-0.15, -0.1) is 0 Å². The molecule has 0 heterocycles. The molecule has 0 N–H and O–H groups in total. The molecule has 53 valence electrons. The van der Waals surface area contributed by atoms with Crippen LogP contribution in [0.3, 0.4) is 0 Å². The average Bonchev–Trinajstić information content (AvgIpc) is 2.05. The van der Waals surface area contributed by atoms with Gasteiger partial charge < -0.3 is 0 Å². The summed E-state index contributed by atoms with van der Waals surface area (Å²) < 4.78 is 5.74. The monoisotopic (exact) mass is 175 g/mol. The fourth-order valence-electron chi connectivity index (χ4n) is 0.687. The van der Waals surface area contributed by atoms with Crippen LogP contribution in [0.15, 0.2) is 30.3 Å². The van der Waals surface area contributed by atoms with Crippen LogP contribution in [0.25, 0.3) is 0 Å². The first-order chi connectivity index (χ1) is 4.84. The van der Waals surface area contributed by atoms with Crippen LogP contribution in [-0.4, -0.2) is 11.7 Å². The molecule has 0 saturated carbocycles. The van der Waals surface area contributed by atoms with Crippen molar-refractivity contribution >= 4 is 4.60 Å². The molecule has 0 atom stereocenters. The molecule has 0 aliphatic heterocycles. The first-order valence-electron chi connectivity index (χ1n) is 2.96. The van der Waals surface area contributed by atoms with Crippen LogP contribution >= 0.6 is 0 Å². The molecule has 0 spiro atoms. The van der Waals surface area contributed by atoms with E-state index < -0.39 is 0 Å². The third-order valence-corrected chi connectivity index (χ3v) is 1.76. The van der Waals surface area contributed by atoms with Gasteiger partial charge in [-0.05, 0) is 0 Å². The Morgan fingerprint density at radius 3 is 2.40 bits per heavy atom. The van der Waals surface area contributed by atoms with Crippen LogP contribution in [0.2, 0.25) is 0 Å². The van der Waals surface area contributed by atoms with Crippen molar-refractivity contribution in [1.29, 1.82) is 0 Å². The topological polar surface area (TPSA) is 9.23 Å². The Labute approximate surface area is 68.4 Å². The van der Waals surface area contributed by atoms with Gasteiger partial charge in [0.15, 0.2) is 0 Å². The minimum atomic E-state index is 0.771. The summed E-state index contributed by atoms with van der Waals surface area (Å²) in [6.07, 6.45) is 0. The third kappa shape index (κ3) is 1.77. The van der Waals surface area contributed by atoms with E-state index in [1.807, 2.05) is 30.3 Å². The molecule has 0 radical (unpaired) electrons. The van der Waals surface area contributed by atoms with E-state index in [9.17, 15) is 0 Å². The van der Waals surface area contributed by atoms with Crippen molar-refractivity contribution in [2.75, 3.05) is 7.11 Å². The fourth-order valence-corrected chi connectivity index (χ4v) is 0.884. The molecule has 0 fully saturated rings. The predicted molar refractivity (Wildman–Crippen MR) is 37.6 cm³/mol. The van der Waals surface area contributed by atoms with Crippen molar-refractivity contribution in [3.8, 4) is 0 Å². The second kappa shape index (κ2) is 3.67. The van der Waals surface area contributed by atoms with E-state index in [0.29, 0.717) is 0 Å². The number of rotatable bonds is 2. The van der Waals surface area contributed by atoms with Gasteiger partial charge in [-0.1, -0.05) is 0 Å². The molecule has 0 amide bonds. The molecule has 10 heavy (non-hydrogen) atoms. The van der Waals surface area contributed by atoms with E-state index in [4.69, 9.17) is 4.74 Å². The van der Waals surface area contributed by atoms with Gasteiger partial charge >= 0.3 is 67.9 Å². The quantitative estimate of drug-likeness (QED) is 0.616. The number of ether oxygens (including phenoxy) is 1. The van der Waals surface area contributed by atoms with Crippen molar-refractivity contribution in [3.63, 3.8) is 0 Å². The van der Waals surface area contributed by atoms with Crippen LogP contribution in [-0.2, 0) is 20.3 Å². The van der Waals surface area contributed by atoms with Crippen LogP contribution in [0.5, 0.6) is 0 Å². The van der Waals surface area contributed by atoms with E-state index in [-0.39, 0.29) is 0 Å². The van der Waals surface area contributed by atoms with Crippen molar-refractivity contribution in [2.45, 2.75) is 0 Å². The molecular weight excluding hydrogens is 167 g/mol. The average molecular weight is 175 g/mol. The van der Waals surface area contributed by atoms with E-state index in [1.165, 1.54) is 0 Å². The van der Waals surface area contributed by atoms with Crippen molar-refractivity contribution in [2.24, 2.45) is 0 Å². The number of methoxy groups -OCH3 is 1. The van der Waals surface area contributed by atoms with E-state index >= 15 is 0 Å². The molecule has 0 bridgehead atoms. The summed E-state index contributed by atoms with van der Waals surface area (Å²) in [6.45, 7) is 0. The summed E-state index contributed by atoms with van der Waals surface area (Å²) in [5.41, 5.74) is 1.06. The van der Waals surface area contributed by atoms with Crippen molar-refractivity contribution in [3.05, 3.63) is 35.9 Å². The zero-order valence-electron chi connectivity index (χ0n) is 5.67. The standard InChI is InChI=1S/C8H8O.Mn/c1-9-7-8-5-3-2-4-6-8;/h2-6H,1H3;. The Morgan fingerprint density at radius 1 is 1.30 bits per heavy atom.